The number of aliphatic carboxylic acids is 1. The van der Waals surface area contributed by atoms with Crippen LogP contribution in [-0.2, 0) is 29.5 Å². The van der Waals surface area contributed by atoms with Gasteiger partial charge in [-0.1, -0.05) is 76.2 Å². The molecular weight excluding hydrogens is 491 g/mol. The van der Waals surface area contributed by atoms with E-state index >= 15 is 0 Å². The van der Waals surface area contributed by atoms with Crippen molar-refractivity contribution in [1.29, 1.82) is 0 Å². The molecule has 0 aliphatic heterocycles. The molecule has 4 aromatic carbocycles. The number of hydrogen-bond donors (Lipinski definition) is 1. The van der Waals surface area contributed by atoms with Crippen LogP contribution in [0, 0.1) is 5.82 Å². The Bertz CT molecular complexity index is 1440. The van der Waals surface area contributed by atoms with Crippen LogP contribution in [0.4, 0.5) is 4.39 Å². The Morgan fingerprint density at radius 1 is 0.795 bits per heavy atom. The molecule has 0 amide bonds. The summed E-state index contributed by atoms with van der Waals surface area (Å²) in [7, 11) is 0. The van der Waals surface area contributed by atoms with Gasteiger partial charge in [0.2, 0.25) is 0 Å². The summed E-state index contributed by atoms with van der Waals surface area (Å²) >= 11 is 0. The fourth-order valence-electron chi connectivity index (χ4n) is 4.78. The monoisotopic (exact) mass is 526 g/mol. The summed E-state index contributed by atoms with van der Waals surface area (Å²) in [4.78, 5) is 11.0. The lowest BCUT2D eigenvalue weighted by molar-refractivity contribution is -0.136. The Labute approximate surface area is 230 Å². The van der Waals surface area contributed by atoms with Crippen molar-refractivity contribution in [2.75, 3.05) is 0 Å². The van der Waals surface area contributed by atoms with E-state index in [0.717, 1.165) is 35.1 Å². The number of carboxylic acids is 1. The number of aryl methyl sites for hydroxylation is 3. The molecule has 4 nitrogen and oxygen atoms in total. The second-order valence-corrected chi connectivity index (χ2v) is 10.2. The van der Waals surface area contributed by atoms with E-state index in [0.29, 0.717) is 29.4 Å². The summed E-state index contributed by atoms with van der Waals surface area (Å²) in [6.07, 6.45) is 2.15. The molecule has 0 saturated heterocycles. The van der Waals surface area contributed by atoms with Gasteiger partial charge in [0, 0.05) is 35.6 Å². The van der Waals surface area contributed by atoms with Crippen molar-refractivity contribution >= 4 is 5.97 Å². The highest BCUT2D eigenvalue weighted by Crippen LogP contribution is 2.40. The average Bonchev–Trinajstić information content (AvgIpc) is 2.92. The Balaban J connectivity index is 1.63. The molecule has 0 radical (unpaired) electrons. The number of hydrogen-bond acceptors (Lipinski definition) is 3. The van der Waals surface area contributed by atoms with Crippen LogP contribution in [0.3, 0.4) is 0 Å². The molecule has 0 aromatic heterocycles. The van der Waals surface area contributed by atoms with E-state index in [4.69, 9.17) is 14.6 Å². The van der Waals surface area contributed by atoms with Crippen LogP contribution in [0.1, 0.15) is 61.9 Å². The third kappa shape index (κ3) is 6.85. The summed E-state index contributed by atoms with van der Waals surface area (Å²) in [5, 5.41) is 9.02. The largest absolute Gasteiger partial charge is 0.481 e. The van der Waals surface area contributed by atoms with Crippen LogP contribution in [0.2, 0.25) is 0 Å². The lowest BCUT2D eigenvalue weighted by atomic mass is 9.77. The standard InChI is InChI=1S/C34H35FO4/c1-5-23-12-16-32(31(18-23)34(3,4)26-10-8-7-9-11-26)39-30-21-27(35)20-29(22-30)38-28-15-13-25(14-17-33(36)37)24(6-2)19-28/h7-13,15-16,18-22H,5-6,14,17H2,1-4H3,(H,36,37). The van der Waals surface area contributed by atoms with Crippen LogP contribution < -0.4 is 9.47 Å². The number of halogens is 1. The molecule has 0 saturated carbocycles. The maximum absolute atomic E-state index is 14.7. The minimum atomic E-state index is -0.829. The van der Waals surface area contributed by atoms with Gasteiger partial charge in [0.05, 0.1) is 0 Å². The van der Waals surface area contributed by atoms with Crippen molar-refractivity contribution in [1.82, 2.24) is 0 Å². The first-order chi connectivity index (χ1) is 18.7. The van der Waals surface area contributed by atoms with Gasteiger partial charge in [0.15, 0.2) is 0 Å². The van der Waals surface area contributed by atoms with Gasteiger partial charge >= 0.3 is 5.97 Å². The lowest BCUT2D eigenvalue weighted by Crippen LogP contribution is -2.20. The maximum atomic E-state index is 14.7. The second-order valence-electron chi connectivity index (χ2n) is 10.2. The Kier molecular flexibility index (Phi) is 8.70. The molecule has 0 heterocycles. The van der Waals surface area contributed by atoms with Crippen molar-refractivity contribution in [3.05, 3.63) is 119 Å². The minimum absolute atomic E-state index is 0.0695. The van der Waals surface area contributed by atoms with Gasteiger partial charge in [-0.3, -0.25) is 4.79 Å². The van der Waals surface area contributed by atoms with Gasteiger partial charge < -0.3 is 14.6 Å². The Morgan fingerprint density at radius 3 is 2.18 bits per heavy atom. The van der Waals surface area contributed by atoms with E-state index in [2.05, 4.69) is 39.0 Å². The summed E-state index contributed by atoms with van der Waals surface area (Å²) < 4.78 is 27.1. The zero-order chi connectivity index (χ0) is 28.0. The molecule has 1 N–H and O–H groups in total. The first-order valence-corrected chi connectivity index (χ1v) is 13.4. The van der Waals surface area contributed by atoms with Crippen LogP contribution in [0.25, 0.3) is 0 Å². The molecule has 0 spiro atoms. The fourth-order valence-corrected chi connectivity index (χ4v) is 4.78. The van der Waals surface area contributed by atoms with E-state index in [-0.39, 0.29) is 11.8 Å². The quantitative estimate of drug-likeness (QED) is 0.212. The zero-order valence-electron chi connectivity index (χ0n) is 23.0. The molecule has 0 bridgehead atoms. The number of carbonyl (C=O) groups is 1. The first kappa shape index (κ1) is 27.9. The zero-order valence-corrected chi connectivity index (χ0v) is 23.0. The van der Waals surface area contributed by atoms with Crippen molar-refractivity contribution < 1.29 is 23.8 Å². The van der Waals surface area contributed by atoms with Crippen molar-refractivity contribution in [3.63, 3.8) is 0 Å². The van der Waals surface area contributed by atoms with Crippen molar-refractivity contribution in [3.8, 4) is 23.0 Å². The molecule has 4 rings (SSSR count). The third-order valence-corrected chi connectivity index (χ3v) is 7.10. The summed E-state index contributed by atoms with van der Waals surface area (Å²) in [6, 6.07) is 26.3. The molecule has 39 heavy (non-hydrogen) atoms. The van der Waals surface area contributed by atoms with Gasteiger partial charge in [0.25, 0.3) is 0 Å². The van der Waals surface area contributed by atoms with E-state index in [1.807, 2.05) is 49.4 Å². The highest BCUT2D eigenvalue weighted by molar-refractivity contribution is 5.67. The van der Waals surface area contributed by atoms with E-state index in [1.165, 1.54) is 17.7 Å². The molecular formula is C34H35FO4. The number of ether oxygens (including phenoxy) is 2. The number of rotatable bonds is 11. The smallest absolute Gasteiger partial charge is 0.303 e. The summed E-state index contributed by atoms with van der Waals surface area (Å²) in [6.45, 7) is 8.45. The number of benzene rings is 4. The molecule has 0 unspecified atom stereocenters. The van der Waals surface area contributed by atoms with Gasteiger partial charge in [-0.25, -0.2) is 4.39 Å². The molecule has 0 atom stereocenters. The second kappa shape index (κ2) is 12.2. The maximum Gasteiger partial charge on any atom is 0.303 e. The lowest BCUT2D eigenvalue weighted by Gasteiger charge is -2.29. The van der Waals surface area contributed by atoms with Gasteiger partial charge in [0.1, 0.15) is 28.8 Å². The topological polar surface area (TPSA) is 55.8 Å². The minimum Gasteiger partial charge on any atom is -0.481 e. The first-order valence-electron chi connectivity index (χ1n) is 13.4. The Hall–Kier alpha value is -4.12. The van der Waals surface area contributed by atoms with Crippen LogP contribution >= 0.6 is 0 Å². The normalized spacial score (nSPS) is 11.3. The molecule has 5 heteroatoms. The third-order valence-electron chi connectivity index (χ3n) is 7.10. The van der Waals surface area contributed by atoms with E-state index in [1.54, 1.807) is 12.1 Å². The Morgan fingerprint density at radius 2 is 1.51 bits per heavy atom. The van der Waals surface area contributed by atoms with Crippen LogP contribution in [0.15, 0.2) is 84.9 Å². The molecule has 0 aliphatic rings. The highest BCUT2D eigenvalue weighted by Gasteiger charge is 2.27. The molecule has 0 aliphatic carbocycles. The van der Waals surface area contributed by atoms with E-state index < -0.39 is 11.8 Å². The van der Waals surface area contributed by atoms with Gasteiger partial charge in [-0.2, -0.15) is 0 Å². The van der Waals surface area contributed by atoms with Gasteiger partial charge in [-0.05, 0) is 59.7 Å². The van der Waals surface area contributed by atoms with Gasteiger partial charge in [-0.15, -0.1) is 0 Å². The summed E-state index contributed by atoms with van der Waals surface area (Å²) in [5.74, 6) is 0.580. The molecule has 0 fully saturated rings. The number of carboxylic acid groups (broad SMARTS) is 1. The van der Waals surface area contributed by atoms with Crippen LogP contribution in [-0.4, -0.2) is 11.1 Å². The molecule has 4 aromatic rings. The van der Waals surface area contributed by atoms with E-state index in [9.17, 15) is 9.18 Å². The van der Waals surface area contributed by atoms with Crippen LogP contribution in [0.5, 0.6) is 23.0 Å². The SMILES string of the molecule is CCc1ccc(Oc2cc(F)cc(Oc3ccc(CCC(=O)O)c(CC)c3)c2)c(C(C)(C)c2ccccc2)c1. The van der Waals surface area contributed by atoms with Crippen molar-refractivity contribution in [2.45, 2.75) is 58.8 Å². The molecule has 202 valence electrons. The summed E-state index contributed by atoms with van der Waals surface area (Å²) in [5.41, 5.74) is 5.01. The van der Waals surface area contributed by atoms with Crippen molar-refractivity contribution in [2.24, 2.45) is 0 Å². The highest BCUT2D eigenvalue weighted by atomic mass is 19.1. The predicted molar refractivity (Wildman–Crippen MR) is 153 cm³/mol. The average molecular weight is 527 g/mol. The predicted octanol–water partition coefficient (Wildman–Crippen LogP) is 8.88. The fraction of sp³-hybridized carbons (Fsp3) is 0.265.